The molecule has 242 valence electrons. The van der Waals surface area contributed by atoms with E-state index < -0.39 is 0 Å². The summed E-state index contributed by atoms with van der Waals surface area (Å²) in [6, 6.07) is 43.9. The maximum Gasteiger partial charge on any atom is 0.134 e. The van der Waals surface area contributed by atoms with Crippen molar-refractivity contribution < 1.29 is 4.42 Å². The lowest BCUT2D eigenvalue weighted by Crippen LogP contribution is -2.00. The van der Waals surface area contributed by atoms with Gasteiger partial charge in [0.2, 0.25) is 0 Å². The lowest BCUT2D eigenvalue weighted by Gasteiger charge is -2.21. The molecule has 1 aliphatic rings. The fraction of sp³-hybridized carbons (Fsp3) is 0.167. The molecule has 1 heteroatoms. The molecule has 0 amide bonds. The summed E-state index contributed by atoms with van der Waals surface area (Å²) in [5.41, 5.74) is 15.0. The summed E-state index contributed by atoms with van der Waals surface area (Å²) in [7, 11) is 0. The van der Waals surface area contributed by atoms with Gasteiger partial charge in [-0.3, -0.25) is 0 Å². The van der Waals surface area contributed by atoms with Crippen molar-refractivity contribution in [1.29, 1.82) is 0 Å². The molecule has 7 rings (SSSR count). The van der Waals surface area contributed by atoms with Crippen molar-refractivity contribution in [2.75, 3.05) is 0 Å². The fourth-order valence-corrected chi connectivity index (χ4v) is 6.93. The molecule has 1 aromatic heterocycles. The van der Waals surface area contributed by atoms with Gasteiger partial charge in [-0.05, 0) is 105 Å². The molecule has 6 aromatic rings. The van der Waals surface area contributed by atoms with Gasteiger partial charge >= 0.3 is 0 Å². The highest BCUT2D eigenvalue weighted by molar-refractivity contribution is 5.84. The van der Waals surface area contributed by atoms with Crippen molar-refractivity contribution in [3.63, 3.8) is 0 Å². The lowest BCUT2D eigenvalue weighted by atomic mass is 9.83. The standard InChI is InChI=1S/C48H44O/c1-4-34(2)48-45(18-12-19-46(48)44-17-10-8-13-35(44)3)41-29-27-40(28-30-41)39(31-32-43-33-42-16-9-11-20-47(42)49-43)26-23-36-21-24-38(25-22-36)37-14-6-5-7-15-37/h6,8-31,33-34H,4-5,7,32H2,1-3H3/b26-23+,39-31+. The summed E-state index contributed by atoms with van der Waals surface area (Å²) < 4.78 is 6.19. The van der Waals surface area contributed by atoms with Crippen molar-refractivity contribution >= 4 is 28.2 Å². The van der Waals surface area contributed by atoms with Crippen LogP contribution in [0.5, 0.6) is 0 Å². The van der Waals surface area contributed by atoms with Crippen LogP contribution in [-0.2, 0) is 6.42 Å². The zero-order chi connectivity index (χ0) is 33.6. The molecule has 49 heavy (non-hydrogen) atoms. The molecule has 5 aromatic carbocycles. The second-order valence-electron chi connectivity index (χ2n) is 13.2. The number of hydrogen-bond acceptors (Lipinski definition) is 1. The summed E-state index contributed by atoms with van der Waals surface area (Å²) in [5.74, 6) is 1.40. The van der Waals surface area contributed by atoms with Gasteiger partial charge in [0.25, 0.3) is 0 Å². The molecular formula is C48H44O. The maximum atomic E-state index is 6.19. The van der Waals surface area contributed by atoms with Crippen molar-refractivity contribution in [2.24, 2.45) is 0 Å². The number of rotatable bonds is 10. The van der Waals surface area contributed by atoms with E-state index in [1.54, 1.807) is 0 Å². The van der Waals surface area contributed by atoms with E-state index >= 15 is 0 Å². The summed E-state index contributed by atoms with van der Waals surface area (Å²) in [4.78, 5) is 0. The SMILES string of the molecule is CCC(C)c1c(-c2ccc(C(/C=C/c3ccc(C4=CCCC=C4)cc3)=C/Cc3cc4ccccc4o3)cc2)cccc1-c1ccccc1C. The van der Waals surface area contributed by atoms with E-state index in [9.17, 15) is 0 Å². The molecule has 0 saturated heterocycles. The normalized spacial score (nSPS) is 14.0. The van der Waals surface area contributed by atoms with Crippen LogP contribution in [0.15, 0.2) is 156 Å². The molecule has 0 saturated carbocycles. The van der Waals surface area contributed by atoms with Gasteiger partial charge in [-0.2, -0.15) is 0 Å². The Morgan fingerprint density at radius 3 is 2.24 bits per heavy atom. The van der Waals surface area contributed by atoms with Crippen LogP contribution in [0.3, 0.4) is 0 Å². The predicted octanol–water partition coefficient (Wildman–Crippen LogP) is 13.7. The Morgan fingerprint density at radius 1 is 0.755 bits per heavy atom. The number of para-hydroxylation sites is 1. The van der Waals surface area contributed by atoms with Crippen LogP contribution < -0.4 is 0 Å². The molecule has 0 fully saturated rings. The molecule has 0 aliphatic heterocycles. The molecule has 1 nitrogen and oxygen atoms in total. The van der Waals surface area contributed by atoms with E-state index in [4.69, 9.17) is 4.42 Å². The molecule has 0 N–H and O–H groups in total. The highest BCUT2D eigenvalue weighted by Gasteiger charge is 2.18. The topological polar surface area (TPSA) is 13.1 Å². The molecule has 0 bridgehead atoms. The molecular weight excluding hydrogens is 593 g/mol. The molecule has 1 aliphatic carbocycles. The zero-order valence-corrected chi connectivity index (χ0v) is 28.8. The third-order valence-corrected chi connectivity index (χ3v) is 9.87. The van der Waals surface area contributed by atoms with Crippen molar-refractivity contribution in [2.45, 2.75) is 52.4 Å². The minimum absolute atomic E-state index is 0.435. The van der Waals surface area contributed by atoms with Crippen molar-refractivity contribution in [3.8, 4) is 22.3 Å². The molecule has 0 spiro atoms. The average Bonchev–Trinajstić information content (AvgIpc) is 3.58. The van der Waals surface area contributed by atoms with Crippen LogP contribution in [0.1, 0.15) is 72.6 Å². The van der Waals surface area contributed by atoms with E-state index in [2.05, 4.69) is 166 Å². The average molecular weight is 637 g/mol. The number of aryl methyl sites for hydroxylation is 1. The Bertz CT molecular complexity index is 2150. The van der Waals surface area contributed by atoms with E-state index in [1.807, 2.05) is 12.1 Å². The first-order valence-corrected chi connectivity index (χ1v) is 17.7. The third-order valence-electron chi connectivity index (χ3n) is 9.87. The van der Waals surface area contributed by atoms with Crippen LogP contribution >= 0.6 is 0 Å². The van der Waals surface area contributed by atoms with Gasteiger partial charge in [0.15, 0.2) is 0 Å². The lowest BCUT2D eigenvalue weighted by molar-refractivity contribution is 0.565. The Morgan fingerprint density at radius 2 is 1.49 bits per heavy atom. The number of furan rings is 1. The van der Waals surface area contributed by atoms with Crippen LogP contribution in [-0.4, -0.2) is 0 Å². The van der Waals surface area contributed by atoms with Gasteiger partial charge in [0.1, 0.15) is 11.3 Å². The molecule has 1 heterocycles. The second-order valence-corrected chi connectivity index (χ2v) is 13.2. The van der Waals surface area contributed by atoms with Crippen molar-refractivity contribution in [1.82, 2.24) is 0 Å². The smallest absolute Gasteiger partial charge is 0.134 e. The van der Waals surface area contributed by atoms with Gasteiger partial charge in [-0.25, -0.2) is 0 Å². The summed E-state index contributed by atoms with van der Waals surface area (Å²) in [6.07, 6.45) is 17.6. The number of benzene rings is 5. The minimum Gasteiger partial charge on any atom is -0.461 e. The highest BCUT2D eigenvalue weighted by Crippen LogP contribution is 2.40. The van der Waals surface area contributed by atoms with Gasteiger partial charge in [-0.1, -0.05) is 159 Å². The van der Waals surface area contributed by atoms with Crippen LogP contribution in [0.2, 0.25) is 0 Å². The first-order valence-electron chi connectivity index (χ1n) is 17.7. The first-order chi connectivity index (χ1) is 24.1. The van der Waals surface area contributed by atoms with E-state index in [-0.39, 0.29) is 0 Å². The minimum atomic E-state index is 0.435. The van der Waals surface area contributed by atoms with Gasteiger partial charge in [0.05, 0.1) is 0 Å². The monoisotopic (exact) mass is 636 g/mol. The van der Waals surface area contributed by atoms with Gasteiger partial charge in [-0.15, -0.1) is 0 Å². The Labute approximate surface area is 291 Å². The fourth-order valence-electron chi connectivity index (χ4n) is 6.93. The van der Waals surface area contributed by atoms with E-state index in [0.717, 1.165) is 36.0 Å². The van der Waals surface area contributed by atoms with Gasteiger partial charge in [0, 0.05) is 11.8 Å². The maximum absolute atomic E-state index is 6.19. The Kier molecular flexibility index (Phi) is 9.71. The van der Waals surface area contributed by atoms with Crippen LogP contribution in [0.4, 0.5) is 0 Å². The molecule has 1 atom stereocenters. The first kappa shape index (κ1) is 32.2. The van der Waals surface area contributed by atoms with E-state index in [1.165, 1.54) is 61.2 Å². The molecule has 0 radical (unpaired) electrons. The van der Waals surface area contributed by atoms with Gasteiger partial charge < -0.3 is 4.42 Å². The van der Waals surface area contributed by atoms with E-state index in [0.29, 0.717) is 12.3 Å². The van der Waals surface area contributed by atoms with Crippen LogP contribution in [0.25, 0.3) is 50.4 Å². The highest BCUT2D eigenvalue weighted by atomic mass is 16.3. The van der Waals surface area contributed by atoms with Crippen LogP contribution in [0, 0.1) is 6.92 Å². The second kappa shape index (κ2) is 14.8. The quantitative estimate of drug-likeness (QED) is 0.136. The van der Waals surface area contributed by atoms with Crippen molar-refractivity contribution in [3.05, 3.63) is 185 Å². The number of hydrogen-bond donors (Lipinski definition) is 0. The third kappa shape index (κ3) is 7.22. The Hall–Kier alpha value is -5.40. The predicted molar refractivity (Wildman–Crippen MR) is 210 cm³/mol. The summed E-state index contributed by atoms with van der Waals surface area (Å²) >= 11 is 0. The molecule has 1 unspecified atom stereocenters. The number of fused-ring (bicyclic) bond motifs is 1. The zero-order valence-electron chi connectivity index (χ0n) is 28.8. The summed E-state index contributed by atoms with van der Waals surface area (Å²) in [5, 5.41) is 1.14. The summed E-state index contributed by atoms with van der Waals surface area (Å²) in [6.45, 7) is 6.85. The Balaban J connectivity index is 1.22. The largest absolute Gasteiger partial charge is 0.461 e. The number of allylic oxidation sites excluding steroid dienone is 7.